The van der Waals surface area contributed by atoms with Gasteiger partial charge in [-0.25, -0.2) is 9.59 Å². The average molecular weight is 474 g/mol. The van der Waals surface area contributed by atoms with Crippen molar-refractivity contribution >= 4 is 29.8 Å². The zero-order valence-corrected chi connectivity index (χ0v) is 19.9. The van der Waals surface area contributed by atoms with E-state index in [1.807, 2.05) is 37.3 Å². The van der Waals surface area contributed by atoms with Crippen LogP contribution < -0.4 is 4.90 Å². The fraction of sp³-hybridized carbons (Fsp3) is 0.214. The standard InChI is InChI=1S/C28H27NO6/c1-4-5-15-35-27(32)21-11-12-22(18-30)24(16-21)26(31)29(2)25-17-20(19-9-7-6-8-10-19)13-14-23(25)28(33)34-3/h6-14,16-18H,4-5,15H2,1-3H3. The lowest BCUT2D eigenvalue weighted by molar-refractivity contribution is 0.0498. The van der Waals surface area contributed by atoms with E-state index >= 15 is 0 Å². The SMILES string of the molecule is CCCCOC(=O)c1ccc(C=O)c(C(=O)N(C)c2cc(-c3ccccc3)ccc2C(=O)OC)c1. The van der Waals surface area contributed by atoms with Gasteiger partial charge in [-0.3, -0.25) is 9.59 Å². The van der Waals surface area contributed by atoms with Crippen LogP contribution >= 0.6 is 0 Å². The molecule has 0 aliphatic rings. The highest BCUT2D eigenvalue weighted by molar-refractivity contribution is 6.13. The number of nitrogens with zero attached hydrogens (tertiary/aromatic N) is 1. The molecule has 0 saturated carbocycles. The largest absolute Gasteiger partial charge is 0.465 e. The normalized spacial score (nSPS) is 10.4. The molecule has 0 bridgehead atoms. The average Bonchev–Trinajstić information content (AvgIpc) is 2.91. The van der Waals surface area contributed by atoms with Crippen molar-refractivity contribution in [1.82, 2.24) is 0 Å². The summed E-state index contributed by atoms with van der Waals surface area (Å²) in [5.74, 6) is -1.75. The molecule has 0 aliphatic carbocycles. The van der Waals surface area contributed by atoms with Gasteiger partial charge in [0, 0.05) is 12.6 Å². The Kier molecular flexibility index (Phi) is 8.51. The molecule has 3 rings (SSSR count). The Morgan fingerprint density at radius 2 is 1.63 bits per heavy atom. The first-order valence-electron chi connectivity index (χ1n) is 11.2. The van der Waals surface area contributed by atoms with E-state index in [-0.39, 0.29) is 28.9 Å². The van der Waals surface area contributed by atoms with Crippen molar-refractivity contribution in [2.75, 3.05) is 25.7 Å². The molecule has 0 N–H and O–H groups in total. The van der Waals surface area contributed by atoms with Crippen molar-refractivity contribution in [3.05, 3.63) is 89.0 Å². The quantitative estimate of drug-likeness (QED) is 0.241. The van der Waals surface area contributed by atoms with Crippen molar-refractivity contribution in [3.63, 3.8) is 0 Å². The Labute approximate surface area is 204 Å². The number of anilines is 1. The summed E-state index contributed by atoms with van der Waals surface area (Å²) in [7, 11) is 2.76. The Morgan fingerprint density at radius 3 is 2.29 bits per heavy atom. The summed E-state index contributed by atoms with van der Waals surface area (Å²) < 4.78 is 10.1. The number of aldehydes is 1. The van der Waals surface area contributed by atoms with E-state index in [9.17, 15) is 19.2 Å². The third kappa shape index (κ3) is 5.81. The second-order valence-electron chi connectivity index (χ2n) is 7.86. The molecule has 3 aromatic carbocycles. The van der Waals surface area contributed by atoms with Crippen molar-refractivity contribution in [2.45, 2.75) is 19.8 Å². The number of benzene rings is 3. The van der Waals surface area contributed by atoms with Crippen LogP contribution in [0.15, 0.2) is 66.7 Å². The highest BCUT2D eigenvalue weighted by Gasteiger charge is 2.24. The number of amides is 1. The fourth-order valence-corrected chi connectivity index (χ4v) is 3.56. The lowest BCUT2D eigenvalue weighted by Crippen LogP contribution is -2.29. The van der Waals surface area contributed by atoms with E-state index in [1.165, 1.54) is 37.3 Å². The molecular formula is C28H27NO6. The highest BCUT2D eigenvalue weighted by Crippen LogP contribution is 2.30. The van der Waals surface area contributed by atoms with Crippen LogP contribution in [0.5, 0.6) is 0 Å². The second-order valence-corrected chi connectivity index (χ2v) is 7.86. The first kappa shape index (κ1) is 25.4. The van der Waals surface area contributed by atoms with Crippen molar-refractivity contribution in [3.8, 4) is 11.1 Å². The lowest BCUT2D eigenvalue weighted by atomic mass is 10.00. The number of unbranched alkanes of at least 4 members (excludes halogenated alkanes) is 1. The van der Waals surface area contributed by atoms with E-state index in [0.29, 0.717) is 12.0 Å². The topological polar surface area (TPSA) is 90.0 Å². The van der Waals surface area contributed by atoms with Crippen molar-refractivity contribution < 1.29 is 28.7 Å². The highest BCUT2D eigenvalue weighted by atomic mass is 16.5. The monoisotopic (exact) mass is 473 g/mol. The number of ether oxygens (including phenoxy) is 2. The van der Waals surface area contributed by atoms with Gasteiger partial charge < -0.3 is 14.4 Å². The van der Waals surface area contributed by atoms with Gasteiger partial charge in [-0.1, -0.05) is 55.8 Å². The van der Waals surface area contributed by atoms with Crippen LogP contribution in [0.1, 0.15) is 61.2 Å². The predicted molar refractivity (Wildman–Crippen MR) is 133 cm³/mol. The van der Waals surface area contributed by atoms with Crippen molar-refractivity contribution in [1.29, 1.82) is 0 Å². The van der Waals surface area contributed by atoms with Gasteiger partial charge in [-0.2, -0.15) is 0 Å². The van der Waals surface area contributed by atoms with Crippen LogP contribution in [-0.4, -0.2) is 44.9 Å². The molecule has 0 fully saturated rings. The molecule has 7 heteroatoms. The molecule has 3 aromatic rings. The number of esters is 2. The van der Waals surface area contributed by atoms with Gasteiger partial charge in [0.2, 0.25) is 0 Å². The third-order valence-electron chi connectivity index (χ3n) is 5.55. The van der Waals surface area contributed by atoms with E-state index in [1.54, 1.807) is 18.2 Å². The Bertz CT molecular complexity index is 1240. The Balaban J connectivity index is 2.03. The van der Waals surface area contributed by atoms with Crippen LogP contribution in [0.25, 0.3) is 11.1 Å². The number of carbonyl (C=O) groups excluding carboxylic acids is 4. The molecule has 0 aromatic heterocycles. The van der Waals surface area contributed by atoms with Crippen molar-refractivity contribution in [2.24, 2.45) is 0 Å². The number of rotatable bonds is 9. The first-order chi connectivity index (χ1) is 16.9. The van der Waals surface area contributed by atoms with Gasteiger partial charge in [0.15, 0.2) is 6.29 Å². The number of hydrogen-bond donors (Lipinski definition) is 0. The maximum Gasteiger partial charge on any atom is 0.339 e. The molecule has 0 spiro atoms. The zero-order valence-electron chi connectivity index (χ0n) is 19.9. The third-order valence-corrected chi connectivity index (χ3v) is 5.55. The van der Waals surface area contributed by atoms with Crippen LogP contribution in [0.3, 0.4) is 0 Å². The van der Waals surface area contributed by atoms with Gasteiger partial charge in [-0.15, -0.1) is 0 Å². The molecule has 1 amide bonds. The summed E-state index contributed by atoms with van der Waals surface area (Å²) in [6, 6.07) is 18.8. The van der Waals surface area contributed by atoms with E-state index < -0.39 is 17.8 Å². The molecule has 0 radical (unpaired) electrons. The molecule has 0 unspecified atom stereocenters. The van der Waals surface area contributed by atoms with Crippen LogP contribution in [0, 0.1) is 0 Å². The van der Waals surface area contributed by atoms with Gasteiger partial charge in [0.1, 0.15) is 0 Å². The molecule has 0 aliphatic heterocycles. The number of carbonyl (C=O) groups is 4. The maximum absolute atomic E-state index is 13.5. The summed E-state index contributed by atoms with van der Waals surface area (Å²) in [6.45, 7) is 2.25. The molecular weight excluding hydrogens is 446 g/mol. The molecule has 0 heterocycles. The smallest absolute Gasteiger partial charge is 0.339 e. The number of methoxy groups -OCH3 is 1. The summed E-state index contributed by atoms with van der Waals surface area (Å²) >= 11 is 0. The summed E-state index contributed by atoms with van der Waals surface area (Å²) in [6.07, 6.45) is 2.14. The minimum absolute atomic E-state index is 0.0216. The maximum atomic E-state index is 13.5. The first-order valence-corrected chi connectivity index (χ1v) is 11.2. The second kappa shape index (κ2) is 11.7. The fourth-order valence-electron chi connectivity index (χ4n) is 3.56. The predicted octanol–water partition coefficient (Wildman–Crippen LogP) is 5.19. The molecule has 0 atom stereocenters. The Morgan fingerprint density at radius 1 is 0.886 bits per heavy atom. The van der Waals surface area contributed by atoms with E-state index in [4.69, 9.17) is 9.47 Å². The molecule has 35 heavy (non-hydrogen) atoms. The van der Waals surface area contributed by atoms with Crippen LogP contribution in [-0.2, 0) is 9.47 Å². The van der Waals surface area contributed by atoms with Crippen LogP contribution in [0.4, 0.5) is 5.69 Å². The summed E-state index contributed by atoms with van der Waals surface area (Å²) in [4.78, 5) is 51.4. The molecule has 0 saturated heterocycles. The molecule has 7 nitrogen and oxygen atoms in total. The number of hydrogen-bond acceptors (Lipinski definition) is 6. The minimum Gasteiger partial charge on any atom is -0.465 e. The zero-order chi connectivity index (χ0) is 25.4. The lowest BCUT2D eigenvalue weighted by Gasteiger charge is -2.22. The summed E-state index contributed by atoms with van der Waals surface area (Å²) in [5.41, 5.74) is 2.48. The van der Waals surface area contributed by atoms with Gasteiger partial charge >= 0.3 is 11.9 Å². The van der Waals surface area contributed by atoms with E-state index in [0.717, 1.165) is 24.0 Å². The van der Waals surface area contributed by atoms with Gasteiger partial charge in [-0.05, 0) is 41.8 Å². The molecule has 180 valence electrons. The minimum atomic E-state index is -0.608. The Hall–Kier alpha value is -4.26. The van der Waals surface area contributed by atoms with Crippen LogP contribution in [0.2, 0.25) is 0 Å². The van der Waals surface area contributed by atoms with E-state index in [2.05, 4.69) is 0 Å². The summed E-state index contributed by atoms with van der Waals surface area (Å²) in [5, 5.41) is 0. The van der Waals surface area contributed by atoms with Gasteiger partial charge in [0.25, 0.3) is 5.91 Å². The van der Waals surface area contributed by atoms with Gasteiger partial charge in [0.05, 0.1) is 36.1 Å².